The van der Waals surface area contributed by atoms with Crippen LogP contribution >= 0.6 is 0 Å². The van der Waals surface area contributed by atoms with Crippen LogP contribution in [0.3, 0.4) is 0 Å². The summed E-state index contributed by atoms with van der Waals surface area (Å²) in [6, 6.07) is 6.87. The standard InChI is InChI=1S/C22H33N3O2/c1-15(2)16-6-7-18-17(12-16)13-19(25-26)20-21(3,14-24-27-11-10-23)8-5-9-22(18,20)4/h6-7,12,14-15,20,26H,5,8-11,13,23H2,1-4H3/b24-14+,25-19+/t20-,21-,22+/m0/s1. The third-order valence-electron chi connectivity index (χ3n) is 6.58. The number of fused-ring (bicyclic) bond motifs is 3. The number of oxime groups is 2. The highest BCUT2D eigenvalue weighted by Crippen LogP contribution is 2.55. The number of nitrogens with zero attached hydrogens (tertiary/aromatic N) is 2. The van der Waals surface area contributed by atoms with Crippen LogP contribution in [0.25, 0.3) is 0 Å². The first kappa shape index (κ1) is 19.9. The second kappa shape index (κ2) is 7.63. The van der Waals surface area contributed by atoms with Gasteiger partial charge >= 0.3 is 0 Å². The van der Waals surface area contributed by atoms with Gasteiger partial charge in [-0.3, -0.25) is 0 Å². The van der Waals surface area contributed by atoms with E-state index in [9.17, 15) is 5.21 Å². The summed E-state index contributed by atoms with van der Waals surface area (Å²) < 4.78 is 0. The predicted molar refractivity (Wildman–Crippen MR) is 110 cm³/mol. The molecule has 0 aromatic heterocycles. The molecule has 0 unspecified atom stereocenters. The van der Waals surface area contributed by atoms with Crippen LogP contribution < -0.4 is 5.73 Å². The van der Waals surface area contributed by atoms with E-state index in [1.165, 1.54) is 16.7 Å². The van der Waals surface area contributed by atoms with E-state index in [1.807, 2.05) is 6.21 Å². The SMILES string of the molecule is CC(C)c1ccc2c(c1)C/C(=N\O)[C@H]1[C@](C)(/C=N/OCCN)CCC[C@]21C. The normalized spacial score (nSPS) is 31.9. The minimum atomic E-state index is -0.211. The van der Waals surface area contributed by atoms with Gasteiger partial charge in [-0.15, -0.1) is 0 Å². The van der Waals surface area contributed by atoms with Gasteiger partial charge in [0, 0.05) is 29.7 Å². The van der Waals surface area contributed by atoms with E-state index < -0.39 is 0 Å². The largest absolute Gasteiger partial charge is 0.411 e. The van der Waals surface area contributed by atoms with Gasteiger partial charge in [0.05, 0.1) is 11.9 Å². The molecule has 0 radical (unpaired) electrons. The zero-order chi connectivity index (χ0) is 19.7. The van der Waals surface area contributed by atoms with Gasteiger partial charge in [-0.2, -0.15) is 0 Å². The zero-order valence-electron chi connectivity index (χ0n) is 17.0. The first-order chi connectivity index (χ1) is 12.9. The van der Waals surface area contributed by atoms with Crippen molar-refractivity contribution in [1.82, 2.24) is 0 Å². The fourth-order valence-electron chi connectivity index (χ4n) is 5.36. The van der Waals surface area contributed by atoms with Crippen molar-refractivity contribution in [3.63, 3.8) is 0 Å². The quantitative estimate of drug-likeness (QED) is 0.352. The Hall–Kier alpha value is -1.88. The van der Waals surface area contributed by atoms with Crippen molar-refractivity contribution in [1.29, 1.82) is 0 Å². The van der Waals surface area contributed by atoms with E-state index >= 15 is 0 Å². The first-order valence-corrected chi connectivity index (χ1v) is 10.1. The fraction of sp³-hybridized carbons (Fsp3) is 0.636. The predicted octanol–water partition coefficient (Wildman–Crippen LogP) is 4.22. The molecule has 1 aromatic carbocycles. The third-order valence-corrected chi connectivity index (χ3v) is 6.58. The second-order valence-corrected chi connectivity index (χ2v) is 8.91. The highest BCUT2D eigenvalue weighted by Gasteiger charge is 2.54. The van der Waals surface area contributed by atoms with Crippen LogP contribution in [0.15, 0.2) is 28.5 Å². The Labute approximate surface area is 162 Å². The summed E-state index contributed by atoms with van der Waals surface area (Å²) in [5.41, 5.74) is 10.1. The lowest BCUT2D eigenvalue weighted by Crippen LogP contribution is -2.54. The first-order valence-electron chi connectivity index (χ1n) is 10.1. The van der Waals surface area contributed by atoms with Crippen LogP contribution in [0, 0.1) is 11.3 Å². The molecule has 1 fully saturated rings. The number of hydrogen-bond acceptors (Lipinski definition) is 5. The van der Waals surface area contributed by atoms with Gasteiger partial charge in [0.1, 0.15) is 6.61 Å². The molecule has 1 saturated carbocycles. The maximum atomic E-state index is 9.89. The Balaban J connectivity index is 2.05. The molecular weight excluding hydrogens is 338 g/mol. The Bertz CT molecular complexity index is 743. The summed E-state index contributed by atoms with van der Waals surface area (Å²) >= 11 is 0. The van der Waals surface area contributed by atoms with Crippen molar-refractivity contribution in [2.24, 2.45) is 27.4 Å². The molecule has 2 aliphatic rings. The van der Waals surface area contributed by atoms with Crippen molar-refractivity contribution in [2.75, 3.05) is 13.2 Å². The molecule has 0 bridgehead atoms. The van der Waals surface area contributed by atoms with E-state index in [4.69, 9.17) is 10.6 Å². The van der Waals surface area contributed by atoms with Crippen LogP contribution in [-0.4, -0.2) is 30.3 Å². The summed E-state index contributed by atoms with van der Waals surface area (Å²) in [5, 5.41) is 17.9. The van der Waals surface area contributed by atoms with E-state index in [2.05, 4.69) is 56.2 Å². The minimum absolute atomic E-state index is 0.0719. The smallest absolute Gasteiger partial charge is 0.129 e. The molecule has 0 saturated heterocycles. The van der Waals surface area contributed by atoms with E-state index in [0.29, 0.717) is 25.5 Å². The molecule has 0 aliphatic heterocycles. The number of nitrogens with two attached hydrogens (primary N) is 1. The van der Waals surface area contributed by atoms with Crippen molar-refractivity contribution >= 4 is 11.9 Å². The highest BCUT2D eigenvalue weighted by molar-refractivity contribution is 5.95. The monoisotopic (exact) mass is 371 g/mol. The molecule has 27 heavy (non-hydrogen) atoms. The maximum Gasteiger partial charge on any atom is 0.129 e. The van der Waals surface area contributed by atoms with Gasteiger partial charge in [0.15, 0.2) is 0 Å². The molecule has 3 rings (SSSR count). The average Bonchev–Trinajstić information content (AvgIpc) is 2.64. The lowest BCUT2D eigenvalue weighted by molar-refractivity contribution is 0.124. The summed E-state index contributed by atoms with van der Waals surface area (Å²) in [6.45, 7) is 9.82. The van der Waals surface area contributed by atoms with Gasteiger partial charge in [-0.25, -0.2) is 0 Å². The molecule has 3 atom stereocenters. The average molecular weight is 372 g/mol. The van der Waals surface area contributed by atoms with Crippen molar-refractivity contribution < 1.29 is 10.0 Å². The van der Waals surface area contributed by atoms with Gasteiger partial charge < -0.3 is 15.8 Å². The third kappa shape index (κ3) is 3.49. The van der Waals surface area contributed by atoms with Crippen LogP contribution in [0.4, 0.5) is 0 Å². The maximum absolute atomic E-state index is 9.89. The molecule has 1 aromatic rings. The molecule has 2 aliphatic carbocycles. The van der Waals surface area contributed by atoms with Crippen LogP contribution in [0.2, 0.25) is 0 Å². The number of hydrogen-bond donors (Lipinski definition) is 2. The Morgan fingerprint density at radius 3 is 2.78 bits per heavy atom. The minimum Gasteiger partial charge on any atom is -0.411 e. The van der Waals surface area contributed by atoms with Crippen molar-refractivity contribution in [3.8, 4) is 0 Å². The van der Waals surface area contributed by atoms with E-state index in [1.54, 1.807) is 0 Å². The summed E-state index contributed by atoms with van der Waals surface area (Å²) in [7, 11) is 0. The summed E-state index contributed by atoms with van der Waals surface area (Å²) in [5.74, 6) is 0.588. The molecule has 148 valence electrons. The van der Waals surface area contributed by atoms with Gasteiger partial charge in [0.2, 0.25) is 0 Å². The molecule has 0 heterocycles. The fourth-order valence-corrected chi connectivity index (χ4v) is 5.36. The van der Waals surface area contributed by atoms with Crippen LogP contribution in [0.1, 0.15) is 69.6 Å². The molecule has 0 amide bonds. The second-order valence-electron chi connectivity index (χ2n) is 8.91. The lowest BCUT2D eigenvalue weighted by Gasteiger charge is -2.54. The Morgan fingerprint density at radius 2 is 2.11 bits per heavy atom. The van der Waals surface area contributed by atoms with Crippen LogP contribution in [-0.2, 0) is 16.7 Å². The Morgan fingerprint density at radius 1 is 1.33 bits per heavy atom. The van der Waals surface area contributed by atoms with Crippen molar-refractivity contribution in [2.45, 2.75) is 64.7 Å². The van der Waals surface area contributed by atoms with Gasteiger partial charge in [0.25, 0.3) is 0 Å². The van der Waals surface area contributed by atoms with Crippen molar-refractivity contribution in [3.05, 3.63) is 34.9 Å². The molecule has 5 heteroatoms. The van der Waals surface area contributed by atoms with Gasteiger partial charge in [-0.1, -0.05) is 62.6 Å². The molecule has 0 spiro atoms. The molecule has 3 N–H and O–H groups in total. The summed E-state index contributed by atoms with van der Waals surface area (Å²) in [6.07, 6.45) is 5.80. The number of benzene rings is 1. The summed E-state index contributed by atoms with van der Waals surface area (Å²) in [4.78, 5) is 5.29. The molecular formula is C22H33N3O2. The molecule has 5 nitrogen and oxygen atoms in total. The Kier molecular flexibility index (Phi) is 5.61. The van der Waals surface area contributed by atoms with Crippen LogP contribution in [0.5, 0.6) is 0 Å². The van der Waals surface area contributed by atoms with Gasteiger partial charge in [-0.05, 0) is 35.4 Å². The van der Waals surface area contributed by atoms with E-state index in [0.717, 1.165) is 25.0 Å². The van der Waals surface area contributed by atoms with E-state index in [-0.39, 0.29) is 16.7 Å². The topological polar surface area (TPSA) is 80.2 Å². The zero-order valence-corrected chi connectivity index (χ0v) is 17.0. The highest BCUT2D eigenvalue weighted by atomic mass is 16.6. The number of rotatable bonds is 5. The lowest BCUT2D eigenvalue weighted by atomic mass is 9.49.